The molecule has 2 heterocycles. The molecule has 1 aromatic rings. The van der Waals surface area contributed by atoms with Gasteiger partial charge in [0.1, 0.15) is 17.9 Å². The van der Waals surface area contributed by atoms with Gasteiger partial charge in [-0.15, -0.1) is 0 Å². The number of rotatable bonds is 3. The highest BCUT2D eigenvalue weighted by Gasteiger charge is 2.66. The van der Waals surface area contributed by atoms with E-state index in [0.29, 0.717) is 0 Å². The molecule has 4 atom stereocenters. The largest absolute Gasteiger partial charge is 0.390 e. The zero-order valence-corrected chi connectivity index (χ0v) is 11.6. The van der Waals surface area contributed by atoms with Crippen LogP contribution in [0.2, 0.25) is 0 Å². The van der Waals surface area contributed by atoms with Crippen LogP contribution in [0.1, 0.15) is 6.23 Å². The Kier molecular flexibility index (Phi) is 4.04. The molecule has 3 N–H and O–H groups in total. The molecule has 2 rings (SSSR count). The van der Waals surface area contributed by atoms with E-state index in [2.05, 4.69) is 9.72 Å². The Hall–Kier alpha value is -0.810. The molecule has 1 fully saturated rings. The van der Waals surface area contributed by atoms with E-state index in [4.69, 9.17) is 29.5 Å². The number of aromatic amines is 1. The second-order valence-corrected chi connectivity index (χ2v) is 5.22. The van der Waals surface area contributed by atoms with Gasteiger partial charge in [0, 0.05) is 6.20 Å². The number of aromatic nitrogens is 2. The molecule has 1 unspecified atom stereocenters. The van der Waals surface area contributed by atoms with Gasteiger partial charge in [-0.05, 0) is 18.3 Å². The number of H-pyrrole nitrogens is 1. The summed E-state index contributed by atoms with van der Waals surface area (Å²) >= 11 is 9.68. The van der Waals surface area contributed by atoms with Crippen LogP contribution in [0.15, 0.2) is 12.3 Å². The number of aliphatic hydroxyl groups is 2. The summed E-state index contributed by atoms with van der Waals surface area (Å²) < 4.78 is 47.3. The van der Waals surface area contributed by atoms with Crippen molar-refractivity contribution in [3.8, 4) is 0 Å². The average Bonchev–Trinajstić information content (AvgIpc) is 2.62. The minimum atomic E-state index is -3.12. The van der Waals surface area contributed by atoms with Gasteiger partial charge in [-0.3, -0.25) is 4.57 Å². The predicted molar refractivity (Wildman–Crippen MR) is 67.3 cm³/mol. The van der Waals surface area contributed by atoms with Crippen LogP contribution in [0.25, 0.3) is 0 Å². The lowest BCUT2D eigenvalue weighted by atomic mass is 9.96. The van der Waals surface area contributed by atoms with Gasteiger partial charge in [0.05, 0.1) is 0 Å². The number of halogens is 3. The van der Waals surface area contributed by atoms with Crippen molar-refractivity contribution >= 4 is 24.4 Å². The molecular weight excluding hydrogens is 317 g/mol. The molecule has 1 saturated heterocycles. The molecule has 0 aliphatic carbocycles. The molecule has 0 radical (unpaired) electrons. The van der Waals surface area contributed by atoms with Gasteiger partial charge >= 0.3 is 0 Å². The zero-order valence-electron chi connectivity index (χ0n) is 9.92. The third-order valence-electron chi connectivity index (χ3n) is 3.11. The third kappa shape index (κ3) is 2.21. The summed E-state index contributed by atoms with van der Waals surface area (Å²) in [4.78, 5) is 2.49. The molecule has 0 aromatic carbocycles. The number of hydrogen-bond acceptors (Lipinski definition) is 5. The maximum atomic E-state index is 14.5. The summed E-state index contributed by atoms with van der Waals surface area (Å²) in [6, 6.07) is 1.32. The quantitative estimate of drug-likeness (QED) is 0.734. The maximum Gasteiger partial charge on any atom is 0.264 e. The van der Waals surface area contributed by atoms with Gasteiger partial charge in [0.25, 0.3) is 5.85 Å². The highest BCUT2D eigenvalue weighted by Crippen LogP contribution is 2.47. The molecular formula is C10H11F3N2O3S2. The molecule has 0 amide bonds. The van der Waals surface area contributed by atoms with Crippen LogP contribution in [0, 0.1) is 9.41 Å². The molecule has 1 aliphatic heterocycles. The number of aliphatic hydroxyl groups excluding tert-OH is 2. The van der Waals surface area contributed by atoms with E-state index in [1.165, 1.54) is 12.3 Å². The summed E-state index contributed by atoms with van der Waals surface area (Å²) in [5.41, 5.74) is -3.09. The SMILES string of the molecule is OC[C@@]1(F)O[C@@H](n2ccc(=S)[nH]c2=S)C(F)(CF)[C@H]1O. The van der Waals surface area contributed by atoms with E-state index in [9.17, 15) is 18.3 Å². The number of nitrogens with zero attached hydrogens (tertiary/aromatic N) is 1. The van der Waals surface area contributed by atoms with Crippen LogP contribution >= 0.6 is 24.4 Å². The Bertz CT molecular complexity index is 624. The van der Waals surface area contributed by atoms with Gasteiger partial charge < -0.3 is 19.9 Å². The van der Waals surface area contributed by atoms with E-state index < -0.39 is 37.1 Å². The average molecular weight is 328 g/mol. The molecule has 0 bridgehead atoms. The van der Waals surface area contributed by atoms with E-state index in [1.54, 1.807) is 0 Å². The molecule has 20 heavy (non-hydrogen) atoms. The van der Waals surface area contributed by atoms with E-state index in [1.807, 2.05) is 0 Å². The highest BCUT2D eigenvalue weighted by atomic mass is 32.1. The molecule has 0 spiro atoms. The first-order valence-corrected chi connectivity index (χ1v) is 6.32. The van der Waals surface area contributed by atoms with E-state index in [0.717, 1.165) is 4.57 Å². The monoisotopic (exact) mass is 328 g/mol. The molecule has 5 nitrogen and oxygen atoms in total. The zero-order chi connectivity index (χ0) is 15.1. The number of ether oxygens (including phenoxy) is 1. The summed E-state index contributed by atoms with van der Waals surface area (Å²) in [6.45, 7) is -3.05. The van der Waals surface area contributed by atoms with Crippen LogP contribution < -0.4 is 0 Å². The van der Waals surface area contributed by atoms with Crippen LogP contribution in [0.3, 0.4) is 0 Å². The Balaban J connectivity index is 2.55. The topological polar surface area (TPSA) is 70.4 Å². The van der Waals surface area contributed by atoms with Crippen LogP contribution in [-0.2, 0) is 4.74 Å². The van der Waals surface area contributed by atoms with Gasteiger partial charge in [0.15, 0.2) is 17.1 Å². The Morgan fingerprint density at radius 3 is 2.60 bits per heavy atom. The van der Waals surface area contributed by atoms with Crippen molar-refractivity contribution in [2.75, 3.05) is 13.3 Å². The normalized spacial score (nSPS) is 37.2. The van der Waals surface area contributed by atoms with Crippen molar-refractivity contribution in [1.82, 2.24) is 9.55 Å². The fourth-order valence-corrected chi connectivity index (χ4v) is 2.49. The fraction of sp³-hybridized carbons (Fsp3) is 0.600. The number of nitrogens with one attached hydrogen (secondary N) is 1. The molecule has 1 aromatic heterocycles. The summed E-state index contributed by atoms with van der Waals surface area (Å²) in [5, 5.41) is 18.5. The van der Waals surface area contributed by atoms with Crippen molar-refractivity contribution in [2.45, 2.75) is 23.9 Å². The summed E-state index contributed by atoms with van der Waals surface area (Å²) in [6.07, 6.45) is -3.19. The molecule has 112 valence electrons. The smallest absolute Gasteiger partial charge is 0.264 e. The summed E-state index contributed by atoms with van der Waals surface area (Å²) in [5.74, 6) is -3.12. The van der Waals surface area contributed by atoms with Crippen LogP contribution in [-0.4, -0.2) is 50.7 Å². The van der Waals surface area contributed by atoms with Crippen molar-refractivity contribution in [3.05, 3.63) is 21.7 Å². The van der Waals surface area contributed by atoms with Crippen LogP contribution in [0.4, 0.5) is 13.2 Å². The van der Waals surface area contributed by atoms with Gasteiger partial charge in [-0.2, -0.15) is 0 Å². The minimum absolute atomic E-state index is 0.132. The fourth-order valence-electron chi connectivity index (χ4n) is 2.00. The Morgan fingerprint density at radius 2 is 2.10 bits per heavy atom. The van der Waals surface area contributed by atoms with Crippen molar-refractivity contribution in [2.24, 2.45) is 0 Å². The molecule has 1 aliphatic rings. The van der Waals surface area contributed by atoms with Gasteiger partial charge in [0.2, 0.25) is 5.67 Å². The maximum absolute atomic E-state index is 14.5. The first kappa shape index (κ1) is 15.6. The van der Waals surface area contributed by atoms with Crippen molar-refractivity contribution in [1.29, 1.82) is 0 Å². The second kappa shape index (κ2) is 5.19. The highest BCUT2D eigenvalue weighted by molar-refractivity contribution is 7.72. The number of hydrogen-bond donors (Lipinski definition) is 3. The predicted octanol–water partition coefficient (Wildman–Crippen LogP) is 1.50. The van der Waals surface area contributed by atoms with Gasteiger partial charge in [-0.1, -0.05) is 12.2 Å². The molecule has 0 saturated carbocycles. The lowest BCUT2D eigenvalue weighted by Crippen LogP contribution is -2.49. The molecule has 10 heteroatoms. The standard InChI is InChI=1S/C10H11F3N2O3S2/c11-3-9(12)6(17)10(13,4-16)18-7(9)15-2-1-5(19)14-8(15)20/h1-2,6-7,16-17H,3-4H2,(H,14,19,20)/t6-,7-,9?,10-/m1/s1. The van der Waals surface area contributed by atoms with E-state index >= 15 is 0 Å². The van der Waals surface area contributed by atoms with Crippen molar-refractivity contribution in [3.63, 3.8) is 0 Å². The first-order chi connectivity index (χ1) is 9.28. The van der Waals surface area contributed by atoms with Gasteiger partial charge in [-0.25, -0.2) is 13.2 Å². The lowest BCUT2D eigenvalue weighted by molar-refractivity contribution is -0.207. The Morgan fingerprint density at radius 1 is 1.45 bits per heavy atom. The first-order valence-electron chi connectivity index (χ1n) is 5.50. The minimum Gasteiger partial charge on any atom is -0.390 e. The second-order valence-electron chi connectivity index (χ2n) is 4.39. The van der Waals surface area contributed by atoms with E-state index in [-0.39, 0.29) is 9.41 Å². The number of alkyl halides is 3. The third-order valence-corrected chi connectivity index (χ3v) is 3.66. The Labute approximate surface area is 121 Å². The summed E-state index contributed by atoms with van der Waals surface area (Å²) in [7, 11) is 0. The lowest BCUT2D eigenvalue weighted by Gasteiger charge is -2.26. The van der Waals surface area contributed by atoms with Crippen molar-refractivity contribution < 1.29 is 28.1 Å². The van der Waals surface area contributed by atoms with Crippen LogP contribution in [0.5, 0.6) is 0 Å².